The summed E-state index contributed by atoms with van der Waals surface area (Å²) in [5.74, 6) is -0.539. The molecular weight excluding hydrogens is 232 g/mol. The lowest BCUT2D eigenvalue weighted by Gasteiger charge is -2.15. The molecule has 2 N–H and O–H groups in total. The first-order valence-corrected chi connectivity index (χ1v) is 4.90. The van der Waals surface area contributed by atoms with Crippen LogP contribution in [0.1, 0.15) is 18.0 Å². The molecule has 0 saturated carbocycles. The number of carbonyl (C=O) groups excluding carboxylic acids is 1. The van der Waals surface area contributed by atoms with E-state index >= 15 is 0 Å². The standard InChI is InChI=1S/C11H13F2NO3/c1-16-10(15)6-8(14)7-4-2-3-5-9(7)17-11(12)13/h2-5,8,11H,6,14H2,1H3/t8-/m1/s1. The van der Waals surface area contributed by atoms with Crippen LogP contribution in [0.25, 0.3) is 0 Å². The second-order valence-electron chi connectivity index (χ2n) is 3.30. The van der Waals surface area contributed by atoms with Gasteiger partial charge in [-0.1, -0.05) is 18.2 Å². The average Bonchev–Trinajstić information content (AvgIpc) is 2.28. The molecular formula is C11H13F2NO3. The Morgan fingerprint density at radius 3 is 2.65 bits per heavy atom. The Hall–Kier alpha value is -1.69. The summed E-state index contributed by atoms with van der Waals surface area (Å²) in [6, 6.07) is 5.35. The highest BCUT2D eigenvalue weighted by atomic mass is 19.3. The van der Waals surface area contributed by atoms with Gasteiger partial charge in [0, 0.05) is 11.6 Å². The largest absolute Gasteiger partial charge is 0.469 e. The van der Waals surface area contributed by atoms with E-state index in [0.717, 1.165) is 0 Å². The van der Waals surface area contributed by atoms with Crippen LogP contribution < -0.4 is 10.5 Å². The first kappa shape index (κ1) is 13.4. The van der Waals surface area contributed by atoms with Crippen molar-refractivity contribution in [2.45, 2.75) is 19.1 Å². The minimum atomic E-state index is -2.93. The van der Waals surface area contributed by atoms with E-state index in [1.807, 2.05) is 0 Å². The number of carbonyl (C=O) groups is 1. The summed E-state index contributed by atoms with van der Waals surface area (Å²) < 4.78 is 33.0. The van der Waals surface area contributed by atoms with Crippen molar-refractivity contribution in [1.82, 2.24) is 0 Å². The van der Waals surface area contributed by atoms with Crippen molar-refractivity contribution in [3.05, 3.63) is 29.8 Å². The zero-order valence-electron chi connectivity index (χ0n) is 9.23. The Kier molecular flexibility index (Phi) is 4.84. The molecule has 0 heterocycles. The SMILES string of the molecule is COC(=O)C[C@@H](N)c1ccccc1OC(F)F. The molecule has 4 nitrogen and oxygen atoms in total. The van der Waals surface area contributed by atoms with E-state index in [1.54, 1.807) is 12.1 Å². The molecule has 0 fully saturated rings. The molecule has 0 aromatic heterocycles. The number of para-hydroxylation sites is 1. The second-order valence-corrected chi connectivity index (χ2v) is 3.30. The zero-order chi connectivity index (χ0) is 12.8. The molecule has 0 saturated heterocycles. The van der Waals surface area contributed by atoms with Gasteiger partial charge in [0.25, 0.3) is 0 Å². The molecule has 0 bridgehead atoms. The predicted molar refractivity (Wildman–Crippen MR) is 56.6 cm³/mol. The van der Waals surface area contributed by atoms with Gasteiger partial charge in [-0.2, -0.15) is 8.78 Å². The normalized spacial score (nSPS) is 12.3. The molecule has 0 aliphatic heterocycles. The van der Waals surface area contributed by atoms with Gasteiger partial charge in [0.2, 0.25) is 0 Å². The van der Waals surface area contributed by atoms with Crippen molar-refractivity contribution in [1.29, 1.82) is 0 Å². The summed E-state index contributed by atoms with van der Waals surface area (Å²) in [4.78, 5) is 11.0. The van der Waals surface area contributed by atoms with Gasteiger partial charge in [0.05, 0.1) is 13.5 Å². The van der Waals surface area contributed by atoms with Crippen molar-refractivity contribution >= 4 is 5.97 Å². The van der Waals surface area contributed by atoms with Gasteiger partial charge >= 0.3 is 12.6 Å². The van der Waals surface area contributed by atoms with Crippen LogP contribution >= 0.6 is 0 Å². The molecule has 1 atom stereocenters. The Morgan fingerprint density at radius 2 is 2.06 bits per heavy atom. The minimum Gasteiger partial charge on any atom is -0.469 e. The number of hydrogen-bond acceptors (Lipinski definition) is 4. The number of esters is 1. The molecule has 1 aromatic carbocycles. The fraction of sp³-hybridized carbons (Fsp3) is 0.364. The smallest absolute Gasteiger partial charge is 0.387 e. The second kappa shape index (κ2) is 6.15. The number of rotatable bonds is 5. The van der Waals surface area contributed by atoms with Crippen LogP contribution in [0, 0.1) is 0 Å². The summed E-state index contributed by atoms with van der Waals surface area (Å²) in [7, 11) is 1.23. The number of benzene rings is 1. The van der Waals surface area contributed by atoms with Gasteiger partial charge in [-0.3, -0.25) is 4.79 Å². The highest BCUT2D eigenvalue weighted by Gasteiger charge is 2.17. The van der Waals surface area contributed by atoms with E-state index in [-0.39, 0.29) is 12.2 Å². The van der Waals surface area contributed by atoms with Crippen LogP contribution in [0.2, 0.25) is 0 Å². The van der Waals surface area contributed by atoms with E-state index in [2.05, 4.69) is 9.47 Å². The van der Waals surface area contributed by atoms with E-state index in [9.17, 15) is 13.6 Å². The minimum absolute atomic E-state index is 0.0288. The molecule has 94 valence electrons. The third-order valence-corrected chi connectivity index (χ3v) is 2.15. The van der Waals surface area contributed by atoms with Crippen LogP contribution in [-0.2, 0) is 9.53 Å². The lowest BCUT2D eigenvalue weighted by atomic mass is 10.0. The van der Waals surface area contributed by atoms with Gasteiger partial charge in [-0.25, -0.2) is 0 Å². The van der Waals surface area contributed by atoms with Gasteiger partial charge in [-0.15, -0.1) is 0 Å². The van der Waals surface area contributed by atoms with Crippen LogP contribution in [0.5, 0.6) is 5.75 Å². The van der Waals surface area contributed by atoms with Gasteiger partial charge in [0.15, 0.2) is 0 Å². The molecule has 0 radical (unpaired) electrons. The van der Waals surface area contributed by atoms with E-state index < -0.39 is 18.6 Å². The zero-order valence-corrected chi connectivity index (χ0v) is 9.23. The summed E-state index contributed by atoms with van der Waals surface area (Å²) in [6.07, 6.45) is -0.0971. The third-order valence-electron chi connectivity index (χ3n) is 2.15. The van der Waals surface area contributed by atoms with Crippen molar-refractivity contribution in [3.8, 4) is 5.75 Å². The third kappa shape index (κ3) is 3.99. The highest BCUT2D eigenvalue weighted by molar-refractivity contribution is 5.70. The highest BCUT2D eigenvalue weighted by Crippen LogP contribution is 2.27. The van der Waals surface area contributed by atoms with Gasteiger partial charge in [0.1, 0.15) is 5.75 Å². The molecule has 0 aliphatic rings. The average molecular weight is 245 g/mol. The Morgan fingerprint density at radius 1 is 1.41 bits per heavy atom. The topological polar surface area (TPSA) is 61.5 Å². The number of ether oxygens (including phenoxy) is 2. The maximum atomic E-state index is 12.1. The summed E-state index contributed by atoms with van der Waals surface area (Å²) >= 11 is 0. The molecule has 1 aromatic rings. The van der Waals surface area contributed by atoms with Crippen LogP contribution in [0.4, 0.5) is 8.78 Å². The number of halogens is 2. The summed E-state index contributed by atoms with van der Waals surface area (Å²) in [5.41, 5.74) is 6.07. The number of methoxy groups -OCH3 is 1. The van der Waals surface area contributed by atoms with Crippen molar-refractivity contribution < 1.29 is 23.0 Å². The maximum Gasteiger partial charge on any atom is 0.387 e. The maximum absolute atomic E-state index is 12.1. The molecule has 0 aliphatic carbocycles. The molecule has 0 amide bonds. The first-order chi connectivity index (χ1) is 8.04. The molecule has 6 heteroatoms. The number of alkyl halides is 2. The van der Waals surface area contributed by atoms with Gasteiger partial charge < -0.3 is 15.2 Å². The Balaban J connectivity index is 2.84. The predicted octanol–water partition coefficient (Wildman–Crippen LogP) is 1.85. The first-order valence-electron chi connectivity index (χ1n) is 4.90. The Labute approximate surface area is 97.3 Å². The molecule has 0 spiro atoms. The summed E-state index contributed by atoms with van der Waals surface area (Å²) in [5, 5.41) is 0. The summed E-state index contributed by atoms with van der Waals surface area (Å²) in [6.45, 7) is -2.93. The van der Waals surface area contributed by atoms with Crippen LogP contribution in [-0.4, -0.2) is 19.7 Å². The fourth-order valence-corrected chi connectivity index (χ4v) is 1.36. The Bertz CT molecular complexity index is 385. The lowest BCUT2D eigenvalue weighted by molar-refractivity contribution is -0.141. The van der Waals surface area contributed by atoms with E-state index in [0.29, 0.717) is 5.56 Å². The molecule has 1 rings (SSSR count). The molecule has 17 heavy (non-hydrogen) atoms. The van der Waals surface area contributed by atoms with Crippen molar-refractivity contribution in [2.24, 2.45) is 5.73 Å². The quantitative estimate of drug-likeness (QED) is 0.804. The van der Waals surface area contributed by atoms with Crippen LogP contribution in [0.15, 0.2) is 24.3 Å². The number of nitrogens with two attached hydrogens (primary N) is 1. The van der Waals surface area contributed by atoms with Crippen LogP contribution in [0.3, 0.4) is 0 Å². The molecule has 0 unspecified atom stereocenters. The van der Waals surface area contributed by atoms with Crippen molar-refractivity contribution in [2.75, 3.05) is 7.11 Å². The lowest BCUT2D eigenvalue weighted by Crippen LogP contribution is -2.18. The van der Waals surface area contributed by atoms with Gasteiger partial charge in [-0.05, 0) is 6.07 Å². The van der Waals surface area contributed by atoms with E-state index in [4.69, 9.17) is 5.73 Å². The van der Waals surface area contributed by atoms with E-state index in [1.165, 1.54) is 19.2 Å². The fourth-order valence-electron chi connectivity index (χ4n) is 1.36. The monoisotopic (exact) mass is 245 g/mol. The number of hydrogen-bond donors (Lipinski definition) is 1. The van der Waals surface area contributed by atoms with Crippen molar-refractivity contribution in [3.63, 3.8) is 0 Å².